The van der Waals surface area contributed by atoms with Crippen molar-refractivity contribution in [2.24, 2.45) is 0 Å². The molecule has 3 rings (SSSR count). The third kappa shape index (κ3) is 3.11. The largest absolute Gasteiger partial charge is 0.339 e. The second kappa shape index (κ2) is 7.14. The van der Waals surface area contributed by atoms with Crippen LogP contribution in [0.15, 0.2) is 54.2 Å². The average molecular weight is 389 g/mol. The van der Waals surface area contributed by atoms with Crippen molar-refractivity contribution in [1.29, 1.82) is 0 Å². The van der Waals surface area contributed by atoms with Gasteiger partial charge in [0.1, 0.15) is 5.70 Å². The fourth-order valence-corrected chi connectivity index (χ4v) is 3.53. The molecule has 0 atom stereocenters. The first-order valence-electron chi connectivity index (χ1n) is 8.19. The molecule has 0 radical (unpaired) electrons. The molecule has 0 spiro atoms. The molecule has 4 nitrogen and oxygen atoms in total. The second-order valence-corrected chi connectivity index (χ2v) is 7.16. The van der Waals surface area contributed by atoms with E-state index in [9.17, 15) is 9.59 Å². The van der Waals surface area contributed by atoms with Gasteiger partial charge in [-0.05, 0) is 38.1 Å². The number of anilines is 1. The van der Waals surface area contributed by atoms with Crippen LogP contribution in [0.1, 0.15) is 19.4 Å². The maximum absolute atomic E-state index is 13.1. The Kier molecular flexibility index (Phi) is 5.08. The topological polar surface area (TPSA) is 40.6 Å². The van der Waals surface area contributed by atoms with Crippen molar-refractivity contribution in [3.8, 4) is 0 Å². The summed E-state index contributed by atoms with van der Waals surface area (Å²) in [4.78, 5) is 29.1. The molecule has 0 fully saturated rings. The standard InChI is InChI=1S/C20H18Cl2N2O2/c1-12(2)24-19(25)17(15-10-9-13(21)11-16(15)22)18(20(24)26)23(3)14-7-5-4-6-8-14/h4-12H,1-3H3. The monoisotopic (exact) mass is 388 g/mol. The van der Waals surface area contributed by atoms with Crippen LogP contribution in [0.25, 0.3) is 5.57 Å². The van der Waals surface area contributed by atoms with E-state index >= 15 is 0 Å². The number of hydrogen-bond donors (Lipinski definition) is 0. The summed E-state index contributed by atoms with van der Waals surface area (Å²) in [6, 6.07) is 14.0. The molecule has 0 N–H and O–H groups in total. The lowest BCUT2D eigenvalue weighted by Crippen LogP contribution is -2.39. The van der Waals surface area contributed by atoms with E-state index in [0.717, 1.165) is 5.69 Å². The van der Waals surface area contributed by atoms with Crippen molar-refractivity contribution in [3.05, 3.63) is 69.8 Å². The van der Waals surface area contributed by atoms with E-state index in [1.165, 1.54) is 4.90 Å². The number of halogens is 2. The summed E-state index contributed by atoms with van der Waals surface area (Å²) in [5, 5.41) is 0.799. The smallest absolute Gasteiger partial charge is 0.278 e. The van der Waals surface area contributed by atoms with Crippen LogP contribution in [-0.2, 0) is 9.59 Å². The first kappa shape index (κ1) is 18.5. The minimum atomic E-state index is -0.355. The molecule has 0 aliphatic carbocycles. The highest BCUT2D eigenvalue weighted by Crippen LogP contribution is 2.37. The van der Waals surface area contributed by atoms with Gasteiger partial charge >= 0.3 is 0 Å². The van der Waals surface area contributed by atoms with Crippen molar-refractivity contribution in [2.45, 2.75) is 19.9 Å². The third-order valence-electron chi connectivity index (χ3n) is 4.29. The van der Waals surface area contributed by atoms with Crippen LogP contribution < -0.4 is 4.90 Å². The average Bonchev–Trinajstić information content (AvgIpc) is 2.85. The van der Waals surface area contributed by atoms with Gasteiger partial charge in [-0.15, -0.1) is 0 Å². The maximum Gasteiger partial charge on any atom is 0.278 e. The van der Waals surface area contributed by atoms with Crippen LogP contribution in [0.4, 0.5) is 5.69 Å². The van der Waals surface area contributed by atoms with E-state index in [2.05, 4.69) is 0 Å². The molecule has 0 aromatic heterocycles. The molecule has 6 heteroatoms. The van der Waals surface area contributed by atoms with Crippen molar-refractivity contribution < 1.29 is 9.59 Å². The minimum Gasteiger partial charge on any atom is -0.339 e. The summed E-state index contributed by atoms with van der Waals surface area (Å²) < 4.78 is 0. The van der Waals surface area contributed by atoms with Crippen molar-refractivity contribution >= 4 is 46.3 Å². The highest BCUT2D eigenvalue weighted by Gasteiger charge is 2.42. The Bertz CT molecular complexity index is 907. The maximum atomic E-state index is 13.1. The van der Waals surface area contributed by atoms with Crippen molar-refractivity contribution in [3.63, 3.8) is 0 Å². The number of amides is 2. The quantitative estimate of drug-likeness (QED) is 0.717. The number of likely N-dealkylation sites (N-methyl/N-ethyl adjacent to an activating group) is 1. The molecular weight excluding hydrogens is 371 g/mol. The first-order valence-corrected chi connectivity index (χ1v) is 8.95. The van der Waals surface area contributed by atoms with E-state index in [4.69, 9.17) is 23.2 Å². The molecule has 0 saturated carbocycles. The van der Waals surface area contributed by atoms with Gasteiger partial charge in [0.15, 0.2) is 0 Å². The predicted octanol–water partition coefficient (Wildman–Crippen LogP) is 4.62. The molecule has 2 aromatic carbocycles. The number of benzene rings is 2. The summed E-state index contributed by atoms with van der Waals surface area (Å²) in [5.41, 5.74) is 1.89. The fourth-order valence-electron chi connectivity index (χ4n) is 3.03. The number of carbonyl (C=O) groups excluding carboxylic acids is 2. The Morgan fingerprint density at radius 1 is 0.962 bits per heavy atom. The Morgan fingerprint density at radius 2 is 1.62 bits per heavy atom. The zero-order valence-electron chi connectivity index (χ0n) is 14.7. The van der Waals surface area contributed by atoms with Gasteiger partial charge in [-0.3, -0.25) is 14.5 Å². The number of nitrogens with zero attached hydrogens (tertiary/aromatic N) is 2. The van der Waals surface area contributed by atoms with Gasteiger partial charge < -0.3 is 4.90 Å². The van der Waals surface area contributed by atoms with Crippen LogP contribution in [0, 0.1) is 0 Å². The van der Waals surface area contributed by atoms with Crippen LogP contribution in [0.2, 0.25) is 10.0 Å². The van der Waals surface area contributed by atoms with Crippen LogP contribution in [0.3, 0.4) is 0 Å². The molecule has 0 bridgehead atoms. The van der Waals surface area contributed by atoms with Gasteiger partial charge in [-0.1, -0.05) is 47.5 Å². The Morgan fingerprint density at radius 3 is 2.19 bits per heavy atom. The molecule has 1 heterocycles. The molecule has 2 amide bonds. The molecular formula is C20H18Cl2N2O2. The summed E-state index contributed by atoms with van der Waals surface area (Å²) >= 11 is 12.3. The zero-order chi connectivity index (χ0) is 19.0. The SMILES string of the molecule is CC(C)N1C(=O)C(c2ccc(Cl)cc2Cl)=C(N(C)c2ccccc2)C1=O. The lowest BCUT2D eigenvalue weighted by molar-refractivity contribution is -0.138. The van der Waals surface area contributed by atoms with Gasteiger partial charge in [0.2, 0.25) is 0 Å². The summed E-state index contributed by atoms with van der Waals surface area (Å²) in [7, 11) is 1.77. The zero-order valence-corrected chi connectivity index (χ0v) is 16.2. The van der Waals surface area contributed by atoms with Gasteiger partial charge in [-0.25, -0.2) is 0 Å². The number of rotatable bonds is 4. The molecule has 134 valence electrons. The van der Waals surface area contributed by atoms with E-state index in [1.807, 2.05) is 44.2 Å². The van der Waals surface area contributed by atoms with Gasteiger partial charge in [0.05, 0.1) is 10.6 Å². The van der Waals surface area contributed by atoms with Gasteiger partial charge in [0, 0.05) is 29.4 Å². The number of para-hydroxylation sites is 1. The van der Waals surface area contributed by atoms with Gasteiger partial charge in [-0.2, -0.15) is 0 Å². The van der Waals surface area contributed by atoms with Gasteiger partial charge in [0.25, 0.3) is 11.8 Å². The van der Waals surface area contributed by atoms with Crippen molar-refractivity contribution in [1.82, 2.24) is 4.90 Å². The second-order valence-electron chi connectivity index (χ2n) is 6.32. The highest BCUT2D eigenvalue weighted by molar-refractivity contribution is 6.41. The molecule has 0 saturated heterocycles. The lowest BCUT2D eigenvalue weighted by Gasteiger charge is -2.23. The summed E-state index contributed by atoms with van der Waals surface area (Å²) in [5.74, 6) is -0.690. The van der Waals surface area contributed by atoms with Crippen molar-refractivity contribution in [2.75, 3.05) is 11.9 Å². The van der Waals surface area contributed by atoms with E-state index in [1.54, 1.807) is 30.1 Å². The molecule has 2 aromatic rings. The molecule has 1 aliphatic heterocycles. The molecule has 0 unspecified atom stereocenters. The number of carbonyl (C=O) groups is 2. The molecule has 1 aliphatic rings. The Labute approximate surface area is 162 Å². The number of imide groups is 1. The molecule has 26 heavy (non-hydrogen) atoms. The predicted molar refractivity (Wildman–Crippen MR) is 105 cm³/mol. The highest BCUT2D eigenvalue weighted by atomic mass is 35.5. The normalized spacial score (nSPS) is 14.6. The summed E-state index contributed by atoms with van der Waals surface area (Å²) in [6.07, 6.45) is 0. The first-order chi connectivity index (χ1) is 12.3. The minimum absolute atomic E-state index is 0.266. The van der Waals surface area contributed by atoms with E-state index in [-0.39, 0.29) is 23.4 Å². The number of hydrogen-bond acceptors (Lipinski definition) is 3. The Hall–Kier alpha value is -2.30. The van der Waals surface area contributed by atoms with E-state index in [0.29, 0.717) is 21.3 Å². The van der Waals surface area contributed by atoms with Crippen LogP contribution in [0.5, 0.6) is 0 Å². The summed E-state index contributed by atoms with van der Waals surface area (Å²) in [6.45, 7) is 3.62. The van der Waals surface area contributed by atoms with Crippen LogP contribution in [-0.4, -0.2) is 29.8 Å². The third-order valence-corrected chi connectivity index (χ3v) is 4.83. The Balaban J connectivity index is 2.23. The van der Waals surface area contributed by atoms with E-state index < -0.39 is 0 Å². The van der Waals surface area contributed by atoms with Crippen LogP contribution >= 0.6 is 23.2 Å². The fraction of sp³-hybridized carbons (Fsp3) is 0.200. The lowest BCUT2D eigenvalue weighted by atomic mass is 10.0.